The maximum Gasteiger partial charge on any atom is 0.413 e. The molecule has 0 saturated carbocycles. The summed E-state index contributed by atoms with van der Waals surface area (Å²) < 4.78 is 37.8. The number of nitrogens with zero attached hydrogens (tertiary/aromatic N) is 2. The topological polar surface area (TPSA) is 201 Å². The third-order valence-electron chi connectivity index (χ3n) is 4.65. The van der Waals surface area contributed by atoms with Gasteiger partial charge in [0.05, 0.1) is 18.9 Å². The second-order valence-corrected chi connectivity index (χ2v) is 14.6. The molecule has 3 amide bonds. The number of carbonyl (C=O) groups is 4. The fraction of sp³-hybridized carbons (Fsp3) is 0.652. The van der Waals surface area contributed by atoms with Crippen molar-refractivity contribution < 1.29 is 46.1 Å². The molecule has 1 unspecified atom stereocenters. The zero-order valence-corrected chi connectivity index (χ0v) is 26.4. The average molecular weight is 640 g/mol. The van der Waals surface area contributed by atoms with E-state index in [1.54, 1.807) is 41.5 Å². The average Bonchev–Trinajstić information content (AvgIpc) is 3.11. The van der Waals surface area contributed by atoms with E-state index >= 15 is 0 Å². The molecule has 0 aliphatic carbocycles. The molecular weight excluding hydrogens is 606 g/mol. The highest BCUT2D eigenvalue weighted by atomic mass is 35.5. The predicted octanol–water partition coefficient (Wildman–Crippen LogP) is 1.94. The monoisotopic (exact) mass is 639 g/mol. The minimum absolute atomic E-state index is 0.0491. The van der Waals surface area contributed by atoms with Crippen LogP contribution in [0.2, 0.25) is 4.34 Å². The highest BCUT2D eigenvalue weighted by Crippen LogP contribution is 2.30. The van der Waals surface area contributed by atoms with E-state index in [0.717, 1.165) is 17.6 Å². The van der Waals surface area contributed by atoms with Crippen LogP contribution in [0.3, 0.4) is 0 Å². The van der Waals surface area contributed by atoms with E-state index in [9.17, 15) is 27.6 Å². The zero-order valence-electron chi connectivity index (χ0n) is 24.0. The van der Waals surface area contributed by atoms with Gasteiger partial charge in [0, 0.05) is 0 Å². The van der Waals surface area contributed by atoms with Gasteiger partial charge in [-0.1, -0.05) is 28.1 Å². The number of β-lactam (4-membered cyclic amide) rings is 1. The van der Waals surface area contributed by atoms with E-state index in [1.165, 1.54) is 13.8 Å². The highest BCUT2D eigenvalue weighted by molar-refractivity contribution is 7.85. The molecule has 3 N–H and O–H groups in total. The third-order valence-corrected chi connectivity index (χ3v) is 6.38. The summed E-state index contributed by atoms with van der Waals surface area (Å²) in [4.78, 5) is 59.9. The van der Waals surface area contributed by atoms with Gasteiger partial charge >= 0.3 is 12.1 Å². The van der Waals surface area contributed by atoms with Gasteiger partial charge in [0.1, 0.15) is 27.3 Å². The Balaban J connectivity index is 2.38. The number of carbonyl (C=O) groups excluding carboxylic acids is 4. The number of hydrogen-bond acceptors (Lipinski definition) is 13. The van der Waals surface area contributed by atoms with Gasteiger partial charge in [0.15, 0.2) is 10.8 Å². The number of esters is 1. The number of ether oxygens (including phenoxy) is 2. The number of anilines is 1. The maximum atomic E-state index is 13.3. The Kier molecular flexibility index (Phi) is 10.4. The molecule has 1 aromatic rings. The van der Waals surface area contributed by atoms with Gasteiger partial charge in [-0.15, -0.1) is 0 Å². The van der Waals surface area contributed by atoms with Gasteiger partial charge in [0.25, 0.3) is 16.0 Å². The number of halogens is 1. The summed E-state index contributed by atoms with van der Waals surface area (Å²) in [7, 11) is -3.82. The molecule has 15 nitrogen and oxygen atoms in total. The molecular formula is C23H34ClN5O10S2. The summed E-state index contributed by atoms with van der Waals surface area (Å²) in [6.45, 7) is 12.2. The number of rotatable bonds is 10. The Bertz CT molecular complexity index is 1330. The SMILES string of the molecule is CC(C)(C)OC(=O)Nc1nc(/C(=N/OC(C)(C)C(=O)OC(C)(C)C)C(=O)NC2C(=O)N[C@H]2COS(C)(=O)=O)c(Cl)s1. The smallest absolute Gasteiger partial charge is 0.413 e. The molecule has 1 saturated heterocycles. The summed E-state index contributed by atoms with van der Waals surface area (Å²) in [6.07, 6.45) is 0.00231. The van der Waals surface area contributed by atoms with Crippen molar-refractivity contribution in [2.45, 2.75) is 84.3 Å². The van der Waals surface area contributed by atoms with Crippen LogP contribution >= 0.6 is 22.9 Å². The lowest BCUT2D eigenvalue weighted by Crippen LogP contribution is -2.71. The number of aromatic nitrogens is 1. The van der Waals surface area contributed by atoms with Gasteiger partial charge in [0.2, 0.25) is 11.5 Å². The predicted molar refractivity (Wildman–Crippen MR) is 149 cm³/mol. The Hall–Kier alpha value is -3.02. The third kappa shape index (κ3) is 10.7. The molecule has 2 heterocycles. The molecule has 1 aliphatic heterocycles. The van der Waals surface area contributed by atoms with E-state index < -0.39 is 75.2 Å². The van der Waals surface area contributed by atoms with Crippen LogP contribution in [0.25, 0.3) is 0 Å². The molecule has 0 spiro atoms. The van der Waals surface area contributed by atoms with E-state index in [2.05, 4.69) is 26.1 Å². The van der Waals surface area contributed by atoms with Gasteiger partial charge in [-0.05, 0) is 55.4 Å². The molecule has 0 radical (unpaired) electrons. The molecule has 0 aromatic carbocycles. The van der Waals surface area contributed by atoms with Crippen LogP contribution in [0.1, 0.15) is 61.1 Å². The van der Waals surface area contributed by atoms with Crippen LogP contribution in [0.15, 0.2) is 5.16 Å². The molecule has 1 aliphatic rings. The summed E-state index contributed by atoms with van der Waals surface area (Å²) in [5, 5.41) is 11.0. The molecule has 230 valence electrons. The molecule has 2 atom stereocenters. The van der Waals surface area contributed by atoms with Crippen molar-refractivity contribution in [2.24, 2.45) is 5.16 Å². The van der Waals surface area contributed by atoms with E-state index in [4.69, 9.17) is 30.1 Å². The van der Waals surface area contributed by atoms with Crippen molar-refractivity contribution in [3.05, 3.63) is 10.0 Å². The Morgan fingerprint density at radius 3 is 2.17 bits per heavy atom. The van der Waals surface area contributed by atoms with Crippen LogP contribution in [0.4, 0.5) is 9.93 Å². The van der Waals surface area contributed by atoms with Crippen LogP contribution in [-0.4, -0.2) is 84.7 Å². The quantitative estimate of drug-likeness (QED) is 0.111. The Morgan fingerprint density at radius 1 is 1.07 bits per heavy atom. The molecule has 1 fully saturated rings. The van der Waals surface area contributed by atoms with Crippen molar-refractivity contribution in [3.8, 4) is 0 Å². The lowest BCUT2D eigenvalue weighted by molar-refractivity contribution is -0.179. The fourth-order valence-corrected chi connectivity index (χ4v) is 4.26. The number of thiazole rings is 1. The molecule has 0 bridgehead atoms. The molecule has 1 aromatic heterocycles. The Morgan fingerprint density at radius 2 is 1.66 bits per heavy atom. The van der Waals surface area contributed by atoms with E-state index in [0.29, 0.717) is 0 Å². The molecule has 41 heavy (non-hydrogen) atoms. The highest BCUT2D eigenvalue weighted by Gasteiger charge is 2.43. The first-order chi connectivity index (χ1) is 18.5. The minimum atomic E-state index is -3.82. The lowest BCUT2D eigenvalue weighted by atomic mass is 9.99. The van der Waals surface area contributed by atoms with Crippen molar-refractivity contribution in [3.63, 3.8) is 0 Å². The number of nitrogens with one attached hydrogen (secondary N) is 3. The summed E-state index contributed by atoms with van der Waals surface area (Å²) in [6, 6.07) is -2.08. The zero-order chi connectivity index (χ0) is 31.6. The number of amides is 3. The second kappa shape index (κ2) is 12.5. The number of oxime groups is 1. The van der Waals surface area contributed by atoms with Gasteiger partial charge in [-0.2, -0.15) is 8.42 Å². The van der Waals surface area contributed by atoms with Gasteiger partial charge in [-0.25, -0.2) is 14.6 Å². The minimum Gasteiger partial charge on any atom is -0.457 e. The summed E-state index contributed by atoms with van der Waals surface area (Å²) in [5.74, 6) is -2.42. The van der Waals surface area contributed by atoms with Crippen LogP contribution in [0, 0.1) is 0 Å². The Labute approximate surface area is 246 Å². The standard InChI is InChI=1S/C23H34ClN5O10S2/c1-21(2,3)37-18(32)23(7,8)39-29-14(13-15(24)40-19(27-13)28-20(33)38-22(4,5)6)17(31)26-12-11(25-16(12)30)10-36-41(9,34)35/h11-12H,10H2,1-9H3,(H,25,30)(H,26,31)(H,27,28,33)/b29-14-/t11-,12?/m0/s1. The van der Waals surface area contributed by atoms with Crippen LogP contribution in [-0.2, 0) is 43.0 Å². The second-order valence-electron chi connectivity index (χ2n) is 11.4. The van der Waals surface area contributed by atoms with Gasteiger partial charge in [-0.3, -0.25) is 19.1 Å². The van der Waals surface area contributed by atoms with Crippen molar-refractivity contribution in [2.75, 3.05) is 18.2 Å². The summed E-state index contributed by atoms with van der Waals surface area (Å²) in [5.41, 5.74) is -4.13. The largest absolute Gasteiger partial charge is 0.457 e. The first kappa shape index (κ1) is 34.2. The van der Waals surface area contributed by atoms with Crippen LogP contribution < -0.4 is 16.0 Å². The lowest BCUT2D eigenvalue weighted by Gasteiger charge is -2.36. The molecule has 18 heteroatoms. The summed E-state index contributed by atoms with van der Waals surface area (Å²) >= 11 is 7.11. The molecule has 2 rings (SSSR count). The van der Waals surface area contributed by atoms with Crippen molar-refractivity contribution in [1.82, 2.24) is 15.6 Å². The number of hydrogen-bond donors (Lipinski definition) is 3. The van der Waals surface area contributed by atoms with Gasteiger partial charge < -0.3 is 24.9 Å². The fourth-order valence-electron chi connectivity index (χ4n) is 2.84. The normalized spacial score (nSPS) is 18.1. The van der Waals surface area contributed by atoms with Crippen molar-refractivity contribution >= 4 is 67.8 Å². The maximum absolute atomic E-state index is 13.3. The van der Waals surface area contributed by atoms with Crippen LogP contribution in [0.5, 0.6) is 0 Å². The first-order valence-corrected chi connectivity index (χ1v) is 15.1. The van der Waals surface area contributed by atoms with E-state index in [1.807, 2.05) is 0 Å². The van der Waals surface area contributed by atoms with E-state index in [-0.39, 0.29) is 15.2 Å². The van der Waals surface area contributed by atoms with Crippen molar-refractivity contribution in [1.29, 1.82) is 0 Å². The first-order valence-electron chi connectivity index (χ1n) is 12.1.